The zero-order valence-corrected chi connectivity index (χ0v) is 13.9. The fourth-order valence-corrected chi connectivity index (χ4v) is 2.43. The Morgan fingerprint density at radius 2 is 2.00 bits per heavy atom. The van der Waals surface area contributed by atoms with Gasteiger partial charge >= 0.3 is 0 Å². The van der Waals surface area contributed by atoms with Crippen LogP contribution in [0.1, 0.15) is 0 Å². The normalized spacial score (nSPS) is 11.4. The standard InChI is InChI=1S/C16H20FN7/c1-23(2)9-8-19-16-20-13(10-6-4-5-7-11(10)17)12-14(18)24(3)22-15(12)21-16/h4-7H,8-9,18H2,1-3H3,(H,19,21,22). The number of nitrogens with two attached hydrogens (primary N) is 1. The number of fused-ring (bicyclic) bond motifs is 1. The molecule has 0 amide bonds. The van der Waals surface area contributed by atoms with E-state index in [2.05, 4.69) is 20.4 Å². The predicted octanol–water partition coefficient (Wildman–Crippen LogP) is 1.73. The number of anilines is 2. The molecular weight excluding hydrogens is 309 g/mol. The van der Waals surface area contributed by atoms with Crippen LogP contribution in [0, 0.1) is 5.82 Å². The monoisotopic (exact) mass is 329 g/mol. The first kappa shape index (κ1) is 16.1. The number of hydrogen-bond donors (Lipinski definition) is 2. The van der Waals surface area contributed by atoms with E-state index in [0.29, 0.717) is 40.6 Å². The fraction of sp³-hybridized carbons (Fsp3) is 0.312. The summed E-state index contributed by atoms with van der Waals surface area (Å²) in [5, 5.41) is 8.01. The van der Waals surface area contributed by atoms with Gasteiger partial charge < -0.3 is 16.0 Å². The van der Waals surface area contributed by atoms with Crippen LogP contribution in [0.5, 0.6) is 0 Å². The summed E-state index contributed by atoms with van der Waals surface area (Å²) in [6, 6.07) is 6.47. The third-order valence-electron chi connectivity index (χ3n) is 3.71. The molecule has 8 heteroatoms. The molecule has 0 aliphatic rings. The third kappa shape index (κ3) is 3.00. The quantitative estimate of drug-likeness (QED) is 0.741. The van der Waals surface area contributed by atoms with Gasteiger partial charge in [0.1, 0.15) is 11.6 Å². The molecule has 2 heterocycles. The molecule has 2 aromatic heterocycles. The van der Waals surface area contributed by atoms with Gasteiger partial charge in [-0.2, -0.15) is 10.1 Å². The largest absolute Gasteiger partial charge is 0.383 e. The number of aromatic nitrogens is 4. The van der Waals surface area contributed by atoms with Crippen molar-refractivity contribution in [3.05, 3.63) is 30.1 Å². The van der Waals surface area contributed by atoms with Crippen LogP contribution in [0.3, 0.4) is 0 Å². The molecule has 0 aliphatic heterocycles. The lowest BCUT2D eigenvalue weighted by atomic mass is 10.1. The van der Waals surface area contributed by atoms with E-state index in [9.17, 15) is 4.39 Å². The third-order valence-corrected chi connectivity index (χ3v) is 3.71. The fourth-order valence-electron chi connectivity index (χ4n) is 2.43. The number of nitrogens with zero attached hydrogens (tertiary/aromatic N) is 5. The van der Waals surface area contributed by atoms with Crippen LogP contribution in [-0.4, -0.2) is 51.8 Å². The Balaban J connectivity index is 2.12. The lowest BCUT2D eigenvalue weighted by molar-refractivity contribution is 0.425. The number of rotatable bonds is 5. The minimum absolute atomic E-state index is 0.361. The van der Waals surface area contributed by atoms with Gasteiger partial charge in [0.2, 0.25) is 5.95 Å². The zero-order chi connectivity index (χ0) is 17.3. The summed E-state index contributed by atoms with van der Waals surface area (Å²) >= 11 is 0. The Bertz CT molecular complexity index is 872. The highest BCUT2D eigenvalue weighted by atomic mass is 19.1. The predicted molar refractivity (Wildman–Crippen MR) is 93.2 cm³/mol. The Hall–Kier alpha value is -2.74. The van der Waals surface area contributed by atoms with E-state index in [1.807, 2.05) is 19.0 Å². The number of nitrogens with one attached hydrogen (secondary N) is 1. The van der Waals surface area contributed by atoms with Crippen molar-refractivity contribution in [2.45, 2.75) is 0 Å². The number of halogens is 1. The Labute approximate surface area is 139 Å². The Kier molecular flexibility index (Phi) is 4.30. The van der Waals surface area contributed by atoms with Crippen molar-refractivity contribution in [2.75, 3.05) is 38.2 Å². The van der Waals surface area contributed by atoms with E-state index in [1.165, 1.54) is 10.7 Å². The van der Waals surface area contributed by atoms with Crippen LogP contribution < -0.4 is 11.1 Å². The van der Waals surface area contributed by atoms with Crippen molar-refractivity contribution in [3.63, 3.8) is 0 Å². The summed E-state index contributed by atoms with van der Waals surface area (Å²) in [6.07, 6.45) is 0. The van der Waals surface area contributed by atoms with Crippen molar-refractivity contribution in [1.29, 1.82) is 0 Å². The average Bonchev–Trinajstić information content (AvgIpc) is 2.81. The van der Waals surface area contributed by atoms with Crippen molar-refractivity contribution in [1.82, 2.24) is 24.6 Å². The maximum absolute atomic E-state index is 14.3. The molecule has 0 unspecified atom stereocenters. The molecule has 0 radical (unpaired) electrons. The summed E-state index contributed by atoms with van der Waals surface area (Å²) < 4.78 is 15.8. The SMILES string of the molecule is CN(C)CCNc1nc(-c2ccccc2F)c2c(N)n(C)nc2n1. The summed E-state index contributed by atoms with van der Waals surface area (Å²) in [7, 11) is 5.69. The second-order valence-electron chi connectivity index (χ2n) is 5.81. The van der Waals surface area contributed by atoms with Crippen molar-refractivity contribution < 1.29 is 4.39 Å². The van der Waals surface area contributed by atoms with Crippen molar-refractivity contribution in [2.24, 2.45) is 7.05 Å². The maximum Gasteiger partial charge on any atom is 0.225 e. The zero-order valence-electron chi connectivity index (χ0n) is 13.9. The molecule has 3 rings (SSSR count). The van der Waals surface area contributed by atoms with E-state index >= 15 is 0 Å². The minimum Gasteiger partial charge on any atom is -0.383 e. The second kappa shape index (κ2) is 6.40. The van der Waals surface area contributed by atoms with Gasteiger partial charge in [-0.3, -0.25) is 4.68 Å². The smallest absolute Gasteiger partial charge is 0.225 e. The van der Waals surface area contributed by atoms with E-state index < -0.39 is 0 Å². The van der Waals surface area contributed by atoms with Crippen LogP contribution in [-0.2, 0) is 7.05 Å². The molecule has 1 aromatic carbocycles. The average molecular weight is 329 g/mol. The molecule has 126 valence electrons. The first-order valence-corrected chi connectivity index (χ1v) is 7.61. The number of hydrogen-bond acceptors (Lipinski definition) is 6. The summed E-state index contributed by atoms with van der Waals surface area (Å²) in [5.41, 5.74) is 7.34. The molecule has 3 aromatic rings. The topological polar surface area (TPSA) is 84.9 Å². The molecule has 3 N–H and O–H groups in total. The van der Waals surface area contributed by atoms with Crippen LogP contribution in [0.25, 0.3) is 22.3 Å². The van der Waals surface area contributed by atoms with Gasteiger partial charge in [0.15, 0.2) is 5.65 Å². The molecule has 0 fully saturated rings. The van der Waals surface area contributed by atoms with Crippen LogP contribution in [0.2, 0.25) is 0 Å². The number of likely N-dealkylation sites (N-methyl/N-ethyl adjacent to an activating group) is 1. The van der Waals surface area contributed by atoms with Crippen molar-refractivity contribution in [3.8, 4) is 11.3 Å². The lowest BCUT2D eigenvalue weighted by Crippen LogP contribution is -2.21. The maximum atomic E-state index is 14.3. The van der Waals surface area contributed by atoms with Crippen LogP contribution in [0.4, 0.5) is 16.2 Å². The Morgan fingerprint density at radius 3 is 2.71 bits per heavy atom. The Morgan fingerprint density at radius 1 is 1.25 bits per heavy atom. The van der Waals surface area contributed by atoms with Gasteiger partial charge in [0.05, 0.1) is 11.1 Å². The molecule has 24 heavy (non-hydrogen) atoms. The molecule has 7 nitrogen and oxygen atoms in total. The van der Waals surface area contributed by atoms with Gasteiger partial charge in [0.25, 0.3) is 0 Å². The van der Waals surface area contributed by atoms with Gasteiger partial charge in [-0.25, -0.2) is 9.37 Å². The summed E-state index contributed by atoms with van der Waals surface area (Å²) in [5.74, 6) is 0.448. The molecule has 0 atom stereocenters. The second-order valence-corrected chi connectivity index (χ2v) is 5.81. The first-order chi connectivity index (χ1) is 11.5. The molecule has 0 aliphatic carbocycles. The van der Waals surface area contributed by atoms with Crippen molar-refractivity contribution >= 4 is 22.8 Å². The molecule has 0 saturated carbocycles. The summed E-state index contributed by atoms with van der Waals surface area (Å²) in [4.78, 5) is 10.9. The van der Waals surface area contributed by atoms with Crippen LogP contribution in [0.15, 0.2) is 24.3 Å². The first-order valence-electron chi connectivity index (χ1n) is 7.61. The molecule has 0 bridgehead atoms. The van der Waals surface area contributed by atoms with Crippen LogP contribution >= 0.6 is 0 Å². The number of aryl methyl sites for hydroxylation is 1. The highest BCUT2D eigenvalue weighted by molar-refractivity contribution is 5.98. The number of nitrogen functional groups attached to an aromatic ring is 1. The van der Waals surface area contributed by atoms with E-state index in [1.54, 1.807) is 25.2 Å². The summed E-state index contributed by atoms with van der Waals surface area (Å²) in [6.45, 7) is 1.48. The molecule has 0 spiro atoms. The minimum atomic E-state index is -0.361. The van der Waals surface area contributed by atoms with E-state index in [0.717, 1.165) is 6.54 Å². The van der Waals surface area contributed by atoms with E-state index in [-0.39, 0.29) is 5.82 Å². The van der Waals surface area contributed by atoms with E-state index in [4.69, 9.17) is 5.73 Å². The van der Waals surface area contributed by atoms with Gasteiger partial charge in [-0.15, -0.1) is 0 Å². The van der Waals surface area contributed by atoms with Gasteiger partial charge in [-0.05, 0) is 26.2 Å². The van der Waals surface area contributed by atoms with Gasteiger partial charge in [0, 0.05) is 25.7 Å². The highest BCUT2D eigenvalue weighted by Gasteiger charge is 2.19. The number of benzene rings is 1. The lowest BCUT2D eigenvalue weighted by Gasteiger charge is -2.11. The molecular formula is C16H20FN7. The van der Waals surface area contributed by atoms with Gasteiger partial charge in [-0.1, -0.05) is 12.1 Å². The molecule has 0 saturated heterocycles. The highest BCUT2D eigenvalue weighted by Crippen LogP contribution is 2.32.